The number of carbonyl (C=O) groups is 1. The van der Waals surface area contributed by atoms with Crippen LogP contribution in [0.2, 0.25) is 5.02 Å². The second-order valence-corrected chi connectivity index (χ2v) is 8.63. The van der Waals surface area contributed by atoms with Crippen molar-refractivity contribution in [2.75, 3.05) is 25.3 Å². The molecule has 4 rings (SSSR count). The number of hydrogen-bond donors (Lipinski definition) is 1. The minimum absolute atomic E-state index is 0.173. The smallest absolute Gasteiger partial charge is 0.234 e. The molecule has 0 aliphatic carbocycles. The highest BCUT2D eigenvalue weighted by Gasteiger charge is 2.17. The second kappa shape index (κ2) is 10.6. The molecule has 1 heterocycles. The number of rotatable bonds is 6. The maximum atomic E-state index is 12.7. The lowest BCUT2D eigenvalue weighted by Crippen LogP contribution is -2.17. The summed E-state index contributed by atoms with van der Waals surface area (Å²) in [6, 6.07) is 20.5. The number of nitrogens with zero attached hydrogens (tertiary/aromatic N) is 2. The zero-order valence-corrected chi connectivity index (χ0v) is 19.7. The molecule has 3 aromatic carbocycles. The Morgan fingerprint density at radius 3 is 2.52 bits per heavy atom. The van der Waals surface area contributed by atoms with Gasteiger partial charge < -0.3 is 14.8 Å². The van der Waals surface area contributed by atoms with Gasteiger partial charge in [0.25, 0.3) is 0 Å². The van der Waals surface area contributed by atoms with Gasteiger partial charge in [0.1, 0.15) is 11.5 Å². The van der Waals surface area contributed by atoms with Gasteiger partial charge in [-0.15, -0.1) is 11.8 Å². The molecule has 33 heavy (non-hydrogen) atoms. The van der Waals surface area contributed by atoms with Crippen molar-refractivity contribution in [2.45, 2.75) is 6.42 Å². The zero-order chi connectivity index (χ0) is 23.2. The van der Waals surface area contributed by atoms with Gasteiger partial charge in [0.15, 0.2) is 0 Å². The second-order valence-electron chi connectivity index (χ2n) is 7.14. The summed E-state index contributed by atoms with van der Waals surface area (Å²) in [4.78, 5) is 22.3. The number of methoxy groups -OCH3 is 2. The molecule has 6 nitrogen and oxygen atoms in total. The first-order valence-corrected chi connectivity index (χ1v) is 11.6. The molecule has 3 aromatic rings. The Balaban J connectivity index is 1.53. The molecule has 0 aromatic heterocycles. The highest BCUT2D eigenvalue weighted by atomic mass is 35.5. The Kier molecular flexibility index (Phi) is 7.32. The normalized spacial score (nSPS) is 12.7. The number of fused-ring (bicyclic) bond motifs is 1. The van der Waals surface area contributed by atoms with Gasteiger partial charge in [0.2, 0.25) is 5.91 Å². The van der Waals surface area contributed by atoms with E-state index < -0.39 is 0 Å². The van der Waals surface area contributed by atoms with Crippen LogP contribution in [-0.2, 0) is 4.79 Å². The van der Waals surface area contributed by atoms with Crippen molar-refractivity contribution in [3.05, 3.63) is 77.3 Å². The van der Waals surface area contributed by atoms with Gasteiger partial charge in [-0.05, 0) is 42.0 Å². The van der Waals surface area contributed by atoms with E-state index >= 15 is 0 Å². The van der Waals surface area contributed by atoms with E-state index in [2.05, 4.69) is 5.32 Å². The number of aliphatic imine (C=N–C) groups is 2. The fraction of sp³-hybridized carbons (Fsp3) is 0.160. The summed E-state index contributed by atoms with van der Waals surface area (Å²) in [5.74, 6) is 1.20. The van der Waals surface area contributed by atoms with Crippen LogP contribution in [0.25, 0.3) is 0 Å². The van der Waals surface area contributed by atoms with E-state index in [1.807, 2.05) is 48.5 Å². The number of thioether (sulfide) groups is 1. The summed E-state index contributed by atoms with van der Waals surface area (Å²) in [5.41, 5.74) is 3.89. The molecule has 0 fully saturated rings. The lowest BCUT2D eigenvalue weighted by atomic mass is 10.1. The van der Waals surface area contributed by atoms with Crippen LogP contribution in [0.4, 0.5) is 17.1 Å². The van der Waals surface area contributed by atoms with E-state index in [0.717, 1.165) is 27.7 Å². The molecular formula is C25H22ClN3O3S. The molecule has 1 amide bonds. The van der Waals surface area contributed by atoms with E-state index in [0.29, 0.717) is 28.6 Å². The van der Waals surface area contributed by atoms with Crippen molar-refractivity contribution in [3.63, 3.8) is 0 Å². The monoisotopic (exact) mass is 479 g/mol. The Labute approximate surface area is 201 Å². The van der Waals surface area contributed by atoms with Crippen molar-refractivity contribution >= 4 is 57.1 Å². The number of benzene rings is 3. The van der Waals surface area contributed by atoms with Gasteiger partial charge in [-0.2, -0.15) is 0 Å². The number of ether oxygens (including phenoxy) is 2. The Morgan fingerprint density at radius 1 is 1.00 bits per heavy atom. The summed E-state index contributed by atoms with van der Waals surface area (Å²) in [7, 11) is 3.13. The lowest BCUT2D eigenvalue weighted by molar-refractivity contribution is -0.113. The van der Waals surface area contributed by atoms with Crippen molar-refractivity contribution in [2.24, 2.45) is 9.98 Å². The van der Waals surface area contributed by atoms with E-state index in [4.69, 9.17) is 31.1 Å². The highest BCUT2D eigenvalue weighted by molar-refractivity contribution is 8.14. The van der Waals surface area contributed by atoms with Crippen molar-refractivity contribution in [1.82, 2.24) is 0 Å². The van der Waals surface area contributed by atoms with Crippen LogP contribution < -0.4 is 14.8 Å². The SMILES string of the molecule is COc1ccc(OC)c(NC(=O)CSC2=Nc3ccccc3N=C(c3cccc(Cl)c3)C2)c1. The zero-order valence-electron chi connectivity index (χ0n) is 18.2. The van der Waals surface area contributed by atoms with Crippen LogP contribution >= 0.6 is 23.4 Å². The lowest BCUT2D eigenvalue weighted by Gasteiger charge is -2.12. The molecule has 0 unspecified atom stereocenters. The summed E-state index contributed by atoms with van der Waals surface area (Å²) in [5, 5.41) is 4.34. The minimum atomic E-state index is -0.173. The summed E-state index contributed by atoms with van der Waals surface area (Å²) in [6.07, 6.45) is 0.495. The standard InChI is InChI=1S/C25H22ClN3O3S/c1-31-18-10-11-23(32-2)22(13-18)28-24(30)15-33-25-14-21(16-6-5-7-17(26)12-16)27-19-8-3-4-9-20(19)29-25/h3-13H,14-15H2,1-2H3,(H,28,30). The fourth-order valence-electron chi connectivity index (χ4n) is 3.32. The Bertz CT molecular complexity index is 1240. The van der Waals surface area contributed by atoms with Crippen LogP contribution in [-0.4, -0.2) is 36.6 Å². The van der Waals surface area contributed by atoms with Gasteiger partial charge in [0.05, 0.1) is 47.8 Å². The van der Waals surface area contributed by atoms with Gasteiger partial charge in [-0.1, -0.05) is 35.9 Å². The first kappa shape index (κ1) is 22.9. The fourth-order valence-corrected chi connectivity index (χ4v) is 4.28. The van der Waals surface area contributed by atoms with Crippen molar-refractivity contribution in [3.8, 4) is 11.5 Å². The molecule has 0 saturated heterocycles. The minimum Gasteiger partial charge on any atom is -0.497 e. The number of para-hydroxylation sites is 2. The van der Waals surface area contributed by atoms with Crippen LogP contribution in [0.3, 0.4) is 0 Å². The predicted octanol–water partition coefficient (Wildman–Crippen LogP) is 6.28. The number of amides is 1. The van der Waals surface area contributed by atoms with Crippen molar-refractivity contribution in [1.29, 1.82) is 0 Å². The number of halogens is 1. The average Bonchev–Trinajstić information content (AvgIpc) is 3.02. The number of nitrogens with one attached hydrogen (secondary N) is 1. The first-order valence-electron chi connectivity index (χ1n) is 10.2. The van der Waals surface area contributed by atoms with Crippen LogP contribution in [0.1, 0.15) is 12.0 Å². The summed E-state index contributed by atoms with van der Waals surface area (Å²) in [6.45, 7) is 0. The molecule has 8 heteroatoms. The third-order valence-corrected chi connectivity index (χ3v) is 6.12. The van der Waals surface area contributed by atoms with E-state index in [9.17, 15) is 4.79 Å². The molecule has 0 spiro atoms. The van der Waals surface area contributed by atoms with Gasteiger partial charge in [-0.25, -0.2) is 4.99 Å². The Morgan fingerprint density at radius 2 is 1.79 bits per heavy atom. The Hall–Kier alpha value is -3.29. The van der Waals surface area contributed by atoms with Crippen molar-refractivity contribution < 1.29 is 14.3 Å². The van der Waals surface area contributed by atoms with E-state index in [1.165, 1.54) is 11.8 Å². The largest absolute Gasteiger partial charge is 0.497 e. The van der Waals surface area contributed by atoms with E-state index in [-0.39, 0.29) is 11.7 Å². The van der Waals surface area contributed by atoms with Crippen LogP contribution in [0.15, 0.2) is 76.7 Å². The maximum absolute atomic E-state index is 12.7. The average molecular weight is 480 g/mol. The number of carbonyl (C=O) groups excluding carboxylic acids is 1. The molecule has 1 N–H and O–H groups in total. The summed E-state index contributed by atoms with van der Waals surface area (Å²) >= 11 is 7.58. The highest BCUT2D eigenvalue weighted by Crippen LogP contribution is 2.34. The summed E-state index contributed by atoms with van der Waals surface area (Å²) < 4.78 is 10.6. The molecule has 168 valence electrons. The molecular weight excluding hydrogens is 458 g/mol. The van der Waals surface area contributed by atoms with Gasteiger partial charge >= 0.3 is 0 Å². The molecule has 0 atom stereocenters. The molecule has 0 bridgehead atoms. The van der Waals surface area contributed by atoms with E-state index in [1.54, 1.807) is 32.4 Å². The van der Waals surface area contributed by atoms with Crippen LogP contribution in [0, 0.1) is 0 Å². The third kappa shape index (κ3) is 5.74. The maximum Gasteiger partial charge on any atom is 0.234 e. The quantitative estimate of drug-likeness (QED) is 0.451. The number of hydrogen-bond acceptors (Lipinski definition) is 6. The molecule has 0 saturated carbocycles. The first-order chi connectivity index (χ1) is 16.1. The van der Waals surface area contributed by atoms with Gasteiger partial charge in [-0.3, -0.25) is 9.79 Å². The topological polar surface area (TPSA) is 72.3 Å². The van der Waals surface area contributed by atoms with Crippen LogP contribution in [0.5, 0.6) is 11.5 Å². The van der Waals surface area contributed by atoms with Gasteiger partial charge in [0, 0.05) is 17.5 Å². The third-order valence-electron chi connectivity index (χ3n) is 4.91. The predicted molar refractivity (Wildman–Crippen MR) is 136 cm³/mol. The molecule has 0 radical (unpaired) electrons. The molecule has 1 aliphatic heterocycles. The molecule has 1 aliphatic rings. The number of anilines is 1.